The van der Waals surface area contributed by atoms with Crippen LogP contribution in [0.15, 0.2) is 0 Å². The highest BCUT2D eigenvalue weighted by Crippen LogP contribution is 2.39. The molecule has 19 heavy (non-hydrogen) atoms. The van der Waals surface area contributed by atoms with E-state index in [1.807, 2.05) is 0 Å². The maximum atomic E-state index is 12.0. The molecule has 8 nitrogen and oxygen atoms in total. The predicted octanol–water partition coefficient (Wildman–Crippen LogP) is -1.09. The molecule has 0 aromatic heterocycles. The lowest BCUT2D eigenvalue weighted by Crippen LogP contribution is -2.61. The molecule has 1 aliphatic heterocycles. The van der Waals surface area contributed by atoms with E-state index in [9.17, 15) is 24.3 Å². The Hall–Kier alpha value is -2.12. The van der Waals surface area contributed by atoms with Crippen LogP contribution in [0.5, 0.6) is 0 Å². The van der Waals surface area contributed by atoms with E-state index in [1.54, 1.807) is 0 Å². The van der Waals surface area contributed by atoms with Gasteiger partial charge in [0, 0.05) is 0 Å². The molecule has 0 aromatic carbocycles. The fourth-order valence-corrected chi connectivity index (χ4v) is 2.07. The zero-order chi connectivity index (χ0) is 14.2. The summed E-state index contributed by atoms with van der Waals surface area (Å²) >= 11 is 0. The summed E-state index contributed by atoms with van der Waals surface area (Å²) in [6, 6.07) is -0.708. The highest BCUT2D eigenvalue weighted by Gasteiger charge is 2.49. The number of amides is 4. The number of hydrogen-bond donors (Lipinski definition) is 3. The smallest absolute Gasteiger partial charge is 0.329 e. The molecule has 0 aromatic rings. The molecule has 2 rings (SSSR count). The van der Waals surface area contributed by atoms with Gasteiger partial charge in [-0.15, -0.1) is 0 Å². The van der Waals surface area contributed by atoms with Crippen molar-refractivity contribution < 1.29 is 24.3 Å². The van der Waals surface area contributed by atoms with E-state index in [2.05, 4.69) is 10.6 Å². The van der Waals surface area contributed by atoms with Crippen LogP contribution < -0.4 is 10.6 Å². The molecule has 1 saturated heterocycles. The van der Waals surface area contributed by atoms with Crippen LogP contribution in [0.3, 0.4) is 0 Å². The Morgan fingerprint density at radius 3 is 2.26 bits per heavy atom. The molecule has 2 aliphatic rings. The third kappa shape index (κ3) is 2.67. The van der Waals surface area contributed by atoms with Gasteiger partial charge < -0.3 is 15.3 Å². The normalized spacial score (nSPS) is 22.5. The molecule has 1 atom stereocenters. The van der Waals surface area contributed by atoms with Gasteiger partial charge in [-0.1, -0.05) is 0 Å². The first-order valence-electron chi connectivity index (χ1n) is 5.96. The number of imide groups is 1. The predicted molar refractivity (Wildman–Crippen MR) is 62.0 cm³/mol. The minimum atomic E-state index is -1.35. The molecule has 4 amide bonds. The van der Waals surface area contributed by atoms with Crippen LogP contribution in [0.1, 0.15) is 19.8 Å². The maximum Gasteiger partial charge on any atom is 0.329 e. The van der Waals surface area contributed by atoms with Crippen molar-refractivity contribution in [2.45, 2.75) is 25.3 Å². The second-order valence-corrected chi connectivity index (χ2v) is 5.04. The Labute approximate surface area is 109 Å². The quantitative estimate of drug-likeness (QED) is 0.563. The number of piperazine rings is 1. The van der Waals surface area contributed by atoms with E-state index in [4.69, 9.17) is 0 Å². The van der Waals surface area contributed by atoms with Gasteiger partial charge in [0.05, 0.1) is 0 Å². The van der Waals surface area contributed by atoms with Crippen molar-refractivity contribution in [3.63, 3.8) is 0 Å². The molecule has 2 fully saturated rings. The van der Waals surface area contributed by atoms with Gasteiger partial charge >= 0.3 is 12.0 Å². The van der Waals surface area contributed by atoms with Crippen molar-refractivity contribution in [1.29, 1.82) is 0 Å². The van der Waals surface area contributed by atoms with Gasteiger partial charge in [0.15, 0.2) is 0 Å². The number of nitrogens with zero attached hydrogens (tertiary/aromatic N) is 1. The average molecular weight is 269 g/mol. The number of carbonyl (C=O) groups is 4. The Bertz CT molecular complexity index is 443. The third-order valence-electron chi connectivity index (χ3n) is 3.44. The maximum absolute atomic E-state index is 12.0. The fourth-order valence-electron chi connectivity index (χ4n) is 2.07. The van der Waals surface area contributed by atoms with Gasteiger partial charge in [0.1, 0.15) is 18.6 Å². The van der Waals surface area contributed by atoms with Gasteiger partial charge in [-0.3, -0.25) is 14.9 Å². The summed E-state index contributed by atoms with van der Waals surface area (Å²) < 4.78 is 0. The number of rotatable bonds is 3. The lowest BCUT2D eigenvalue weighted by molar-refractivity contribution is -0.144. The molecule has 1 heterocycles. The molecule has 3 N–H and O–H groups in total. The van der Waals surface area contributed by atoms with Crippen LogP contribution in [-0.4, -0.2) is 52.4 Å². The number of hydrogen-bond acceptors (Lipinski definition) is 4. The standard InChI is InChI=1S/C11H15N3O5/c1-11(9(17)18,6-2-3-6)13-10(19)14-4-7(15)12-8(16)5-14/h6H,2-5H2,1H3,(H,13,19)(H,17,18)(H,12,15,16). The second kappa shape index (κ2) is 4.52. The van der Waals surface area contributed by atoms with Gasteiger partial charge in [-0.2, -0.15) is 0 Å². The number of aliphatic carboxylic acids is 1. The molecule has 0 spiro atoms. The largest absolute Gasteiger partial charge is 0.480 e. The average Bonchev–Trinajstić information content (AvgIpc) is 3.10. The zero-order valence-electron chi connectivity index (χ0n) is 10.4. The van der Waals surface area contributed by atoms with Crippen molar-refractivity contribution in [2.75, 3.05) is 13.1 Å². The van der Waals surface area contributed by atoms with Crippen molar-refractivity contribution in [1.82, 2.24) is 15.5 Å². The summed E-state index contributed by atoms with van der Waals surface area (Å²) in [5.41, 5.74) is -1.35. The first-order valence-corrected chi connectivity index (χ1v) is 5.96. The number of nitrogens with one attached hydrogen (secondary N) is 2. The molecule has 0 radical (unpaired) electrons. The van der Waals surface area contributed by atoms with Gasteiger partial charge in [0.25, 0.3) is 0 Å². The summed E-state index contributed by atoms with van der Waals surface area (Å²) in [6.45, 7) is 0.937. The molecule has 8 heteroatoms. The highest BCUT2D eigenvalue weighted by molar-refractivity contribution is 6.02. The van der Waals surface area contributed by atoms with E-state index in [1.165, 1.54) is 6.92 Å². The molecule has 1 unspecified atom stereocenters. The second-order valence-electron chi connectivity index (χ2n) is 5.04. The summed E-state index contributed by atoms with van der Waals surface area (Å²) in [6.07, 6.45) is 1.48. The minimum Gasteiger partial charge on any atom is -0.480 e. The van der Waals surface area contributed by atoms with E-state index < -0.39 is 29.4 Å². The van der Waals surface area contributed by atoms with Crippen LogP contribution in [0.25, 0.3) is 0 Å². The van der Waals surface area contributed by atoms with E-state index in [0.717, 1.165) is 17.7 Å². The first-order chi connectivity index (χ1) is 8.83. The molecular formula is C11H15N3O5. The number of carboxylic acids is 1. The highest BCUT2D eigenvalue weighted by atomic mass is 16.4. The topological polar surface area (TPSA) is 116 Å². The van der Waals surface area contributed by atoms with Crippen molar-refractivity contribution in [2.24, 2.45) is 5.92 Å². The molecular weight excluding hydrogens is 254 g/mol. The SMILES string of the molecule is CC(NC(=O)N1CC(=O)NC(=O)C1)(C(=O)O)C1CC1. The fraction of sp³-hybridized carbons (Fsp3) is 0.636. The van der Waals surface area contributed by atoms with Crippen LogP contribution >= 0.6 is 0 Å². The van der Waals surface area contributed by atoms with Gasteiger partial charge in [0.2, 0.25) is 11.8 Å². The molecule has 1 aliphatic carbocycles. The lowest BCUT2D eigenvalue weighted by Gasteiger charge is -2.31. The summed E-state index contributed by atoms with van der Waals surface area (Å²) in [4.78, 5) is 46.6. The third-order valence-corrected chi connectivity index (χ3v) is 3.44. The lowest BCUT2D eigenvalue weighted by atomic mass is 9.96. The summed E-state index contributed by atoms with van der Waals surface area (Å²) in [5.74, 6) is -2.37. The van der Waals surface area contributed by atoms with Gasteiger partial charge in [-0.25, -0.2) is 9.59 Å². The number of carboxylic acid groups (broad SMARTS) is 1. The van der Waals surface area contributed by atoms with Crippen molar-refractivity contribution in [3.05, 3.63) is 0 Å². The zero-order valence-corrected chi connectivity index (χ0v) is 10.4. The molecule has 104 valence electrons. The van der Waals surface area contributed by atoms with Crippen LogP contribution in [0.4, 0.5) is 4.79 Å². The van der Waals surface area contributed by atoms with Crippen molar-refractivity contribution >= 4 is 23.8 Å². The Kier molecular flexibility index (Phi) is 3.17. The first kappa shape index (κ1) is 13.3. The summed E-state index contributed by atoms with van der Waals surface area (Å²) in [7, 11) is 0. The number of carbonyl (C=O) groups excluding carboxylic acids is 3. The van der Waals surface area contributed by atoms with Crippen molar-refractivity contribution in [3.8, 4) is 0 Å². The van der Waals surface area contributed by atoms with Crippen LogP contribution in [0, 0.1) is 5.92 Å². The molecule has 1 saturated carbocycles. The van der Waals surface area contributed by atoms with E-state index in [0.29, 0.717) is 0 Å². The Morgan fingerprint density at radius 1 is 1.32 bits per heavy atom. The monoisotopic (exact) mass is 269 g/mol. The summed E-state index contributed by atoms with van der Waals surface area (Å²) in [5, 5.41) is 13.7. The minimum absolute atomic E-state index is 0.108. The Morgan fingerprint density at radius 2 is 1.84 bits per heavy atom. The van der Waals surface area contributed by atoms with Crippen LogP contribution in [0.2, 0.25) is 0 Å². The molecule has 0 bridgehead atoms. The Balaban J connectivity index is 2.05. The van der Waals surface area contributed by atoms with Gasteiger partial charge in [-0.05, 0) is 25.7 Å². The number of urea groups is 1. The van der Waals surface area contributed by atoms with Crippen LogP contribution in [-0.2, 0) is 14.4 Å². The van der Waals surface area contributed by atoms with E-state index >= 15 is 0 Å². The van der Waals surface area contributed by atoms with E-state index in [-0.39, 0.29) is 19.0 Å².